The zero-order valence-corrected chi connectivity index (χ0v) is 24.9. The quantitative estimate of drug-likeness (QED) is 0.123. The van der Waals surface area contributed by atoms with Crippen molar-refractivity contribution in [2.45, 2.75) is 21.5 Å². The van der Waals surface area contributed by atoms with E-state index >= 15 is 0 Å². The Balaban J connectivity index is 0.956. The monoisotopic (exact) mass is 613 g/mol. The summed E-state index contributed by atoms with van der Waals surface area (Å²) in [4.78, 5) is 34.7. The number of nitrogens with two attached hydrogens (primary N) is 1. The summed E-state index contributed by atoms with van der Waals surface area (Å²) >= 11 is 5.86. The van der Waals surface area contributed by atoms with Crippen LogP contribution >= 0.6 is 46.2 Å². The normalized spacial score (nSPS) is 12.4. The van der Waals surface area contributed by atoms with Crippen LogP contribution in [-0.4, -0.2) is 33.3 Å². The maximum atomic E-state index is 12.8. The van der Waals surface area contributed by atoms with Gasteiger partial charge < -0.3 is 16.4 Å². The first-order chi connectivity index (χ1) is 20.0. The molecule has 0 radical (unpaired) electrons. The third-order valence-electron chi connectivity index (χ3n) is 6.85. The Kier molecular flexibility index (Phi) is 7.03. The molecule has 7 rings (SSSR count). The molecule has 4 aromatic carbocycles. The Bertz CT molecular complexity index is 1970. The predicted molar refractivity (Wildman–Crippen MR) is 174 cm³/mol. The van der Waals surface area contributed by atoms with Gasteiger partial charge in [-0.25, -0.2) is 9.97 Å². The van der Waals surface area contributed by atoms with Crippen LogP contribution in [-0.2, 0) is 22.4 Å². The number of hydrogen-bond donors (Lipinski definition) is 3. The topological polar surface area (TPSA) is 110 Å². The minimum Gasteiger partial charge on any atom is -0.399 e. The van der Waals surface area contributed by atoms with Gasteiger partial charge in [-0.15, -0.1) is 22.7 Å². The van der Waals surface area contributed by atoms with Crippen LogP contribution in [0, 0.1) is 0 Å². The van der Waals surface area contributed by atoms with Crippen molar-refractivity contribution in [3.05, 3.63) is 77.9 Å². The van der Waals surface area contributed by atoms with E-state index in [-0.39, 0.29) is 23.3 Å². The number of nitrogen functional groups attached to an aromatic ring is 1. The lowest BCUT2D eigenvalue weighted by Crippen LogP contribution is -2.14. The van der Waals surface area contributed by atoms with E-state index in [4.69, 9.17) is 5.73 Å². The Morgan fingerprint density at radius 3 is 2.20 bits per heavy atom. The van der Waals surface area contributed by atoms with Crippen LogP contribution in [0.4, 0.5) is 17.1 Å². The van der Waals surface area contributed by atoms with Gasteiger partial charge in [0.2, 0.25) is 11.8 Å². The van der Waals surface area contributed by atoms with E-state index in [9.17, 15) is 9.59 Å². The molecule has 0 saturated heterocycles. The van der Waals surface area contributed by atoms with Gasteiger partial charge in [-0.3, -0.25) is 9.59 Å². The SMILES string of the molecule is Nc1ccc2nc(SCC(=O)Nc3ccc4nc(SCC(=O)Nc5ccc6c7c(cccc57)CC6)sc4c3)sc2c1. The summed E-state index contributed by atoms with van der Waals surface area (Å²) in [6.45, 7) is 0. The van der Waals surface area contributed by atoms with Gasteiger partial charge in [-0.05, 0) is 71.8 Å². The van der Waals surface area contributed by atoms with Crippen molar-refractivity contribution in [1.82, 2.24) is 9.97 Å². The second-order valence-corrected chi connectivity index (χ2v) is 14.2. The summed E-state index contributed by atoms with van der Waals surface area (Å²) in [5.74, 6) is 0.356. The number of thiazole rings is 2. The number of carbonyl (C=O) groups is 2. The molecule has 0 unspecified atom stereocenters. The molecule has 0 spiro atoms. The van der Waals surface area contributed by atoms with Crippen LogP contribution in [0.3, 0.4) is 0 Å². The van der Waals surface area contributed by atoms with Gasteiger partial charge in [-0.1, -0.05) is 47.8 Å². The van der Waals surface area contributed by atoms with Crippen molar-refractivity contribution in [2.75, 3.05) is 27.9 Å². The fourth-order valence-electron chi connectivity index (χ4n) is 5.02. The fraction of sp³-hybridized carbons (Fsp3) is 0.133. The minimum absolute atomic E-state index is 0.0602. The average Bonchev–Trinajstić information content (AvgIpc) is 3.69. The minimum atomic E-state index is -0.105. The van der Waals surface area contributed by atoms with Crippen molar-refractivity contribution in [1.29, 1.82) is 0 Å². The number of rotatable bonds is 8. The number of fused-ring (bicyclic) bond motifs is 2. The fourth-order valence-corrected chi connectivity index (χ4v) is 8.84. The lowest BCUT2D eigenvalue weighted by molar-refractivity contribution is -0.114. The number of nitrogens with zero attached hydrogens (tertiary/aromatic N) is 2. The van der Waals surface area contributed by atoms with Crippen LogP contribution < -0.4 is 16.4 Å². The Labute approximate surface area is 252 Å². The Morgan fingerprint density at radius 1 is 0.780 bits per heavy atom. The third kappa shape index (κ3) is 5.50. The van der Waals surface area contributed by atoms with E-state index in [1.807, 2.05) is 42.5 Å². The standard InChI is InChI=1S/C30H23N5O2S4/c31-18-7-10-22-24(12-18)40-29(34-22)38-14-26(36)32-19-8-11-23-25(13-19)41-30(35-23)39-15-27(37)33-21-9-6-17-5-4-16-2-1-3-20(21)28(16)17/h1-3,6-13H,4-5,14-15,31H2,(H,32,36)(H,33,37). The lowest BCUT2D eigenvalue weighted by atomic mass is 10.0. The molecule has 6 aromatic rings. The predicted octanol–water partition coefficient (Wildman–Crippen LogP) is 7.20. The third-order valence-corrected chi connectivity index (χ3v) is 11.2. The zero-order chi connectivity index (χ0) is 27.9. The molecule has 0 saturated carbocycles. The first kappa shape index (κ1) is 26.3. The molecule has 0 aliphatic heterocycles. The van der Waals surface area contributed by atoms with Gasteiger partial charge in [0.05, 0.1) is 31.9 Å². The summed E-state index contributed by atoms with van der Waals surface area (Å²) < 4.78 is 3.61. The largest absolute Gasteiger partial charge is 0.399 e. The van der Waals surface area contributed by atoms with Crippen LogP contribution in [0.15, 0.2) is 75.4 Å². The summed E-state index contributed by atoms with van der Waals surface area (Å²) in [5.41, 5.74) is 12.6. The highest BCUT2D eigenvalue weighted by Gasteiger charge is 2.17. The highest BCUT2D eigenvalue weighted by atomic mass is 32.2. The van der Waals surface area contributed by atoms with E-state index < -0.39 is 0 Å². The molecule has 0 atom stereocenters. The lowest BCUT2D eigenvalue weighted by Gasteiger charge is -2.10. The molecule has 2 aromatic heterocycles. The summed E-state index contributed by atoms with van der Waals surface area (Å²) in [6.07, 6.45) is 2.12. The number of benzene rings is 4. The number of aromatic nitrogens is 2. The molecule has 4 N–H and O–H groups in total. The molecule has 0 fully saturated rings. The van der Waals surface area contributed by atoms with Gasteiger partial charge in [0.25, 0.3) is 0 Å². The van der Waals surface area contributed by atoms with E-state index in [0.717, 1.165) is 53.0 Å². The summed E-state index contributed by atoms with van der Waals surface area (Å²) in [5, 5.41) is 8.45. The number of carbonyl (C=O) groups excluding carboxylic acids is 2. The van der Waals surface area contributed by atoms with Crippen molar-refractivity contribution in [3.8, 4) is 0 Å². The van der Waals surface area contributed by atoms with E-state index in [0.29, 0.717) is 11.4 Å². The maximum Gasteiger partial charge on any atom is 0.234 e. The smallest absolute Gasteiger partial charge is 0.234 e. The number of amides is 2. The number of hydrogen-bond acceptors (Lipinski definition) is 9. The van der Waals surface area contributed by atoms with Gasteiger partial charge >= 0.3 is 0 Å². The zero-order valence-electron chi connectivity index (χ0n) is 21.6. The molecule has 1 aliphatic rings. The molecular formula is C30H23N5O2S4. The van der Waals surface area contributed by atoms with Crippen molar-refractivity contribution in [2.24, 2.45) is 0 Å². The molecule has 2 amide bonds. The van der Waals surface area contributed by atoms with Gasteiger partial charge in [0.1, 0.15) is 0 Å². The van der Waals surface area contributed by atoms with Crippen LogP contribution in [0.5, 0.6) is 0 Å². The number of nitrogens with one attached hydrogen (secondary N) is 2. The first-order valence-corrected chi connectivity index (χ1v) is 16.5. The highest BCUT2D eigenvalue weighted by molar-refractivity contribution is 8.02. The molecule has 41 heavy (non-hydrogen) atoms. The van der Waals surface area contributed by atoms with E-state index in [2.05, 4.69) is 44.9 Å². The highest BCUT2D eigenvalue weighted by Crippen LogP contribution is 2.36. The average molecular weight is 614 g/mol. The molecule has 204 valence electrons. The second-order valence-electron chi connectivity index (χ2n) is 9.65. The van der Waals surface area contributed by atoms with Crippen molar-refractivity contribution in [3.63, 3.8) is 0 Å². The number of anilines is 3. The van der Waals surface area contributed by atoms with E-state index in [1.165, 1.54) is 62.7 Å². The Hall–Kier alpha value is -3.64. The molecular weight excluding hydrogens is 591 g/mol. The number of aryl methyl sites for hydroxylation is 2. The van der Waals surface area contributed by atoms with Gasteiger partial charge in [0.15, 0.2) is 8.68 Å². The van der Waals surface area contributed by atoms with Crippen LogP contribution in [0.1, 0.15) is 11.1 Å². The maximum absolute atomic E-state index is 12.8. The van der Waals surface area contributed by atoms with Gasteiger partial charge in [0, 0.05) is 22.4 Å². The van der Waals surface area contributed by atoms with E-state index in [1.54, 1.807) is 0 Å². The number of thioether (sulfide) groups is 2. The van der Waals surface area contributed by atoms with Crippen LogP contribution in [0.2, 0.25) is 0 Å². The molecule has 7 nitrogen and oxygen atoms in total. The second kappa shape index (κ2) is 11.0. The van der Waals surface area contributed by atoms with Crippen molar-refractivity contribution >= 4 is 106 Å². The Morgan fingerprint density at radius 2 is 1.44 bits per heavy atom. The molecule has 11 heteroatoms. The van der Waals surface area contributed by atoms with Crippen LogP contribution in [0.25, 0.3) is 31.2 Å². The molecule has 2 heterocycles. The molecule has 0 bridgehead atoms. The molecule has 1 aliphatic carbocycles. The van der Waals surface area contributed by atoms with Crippen molar-refractivity contribution < 1.29 is 9.59 Å². The van der Waals surface area contributed by atoms with Gasteiger partial charge in [-0.2, -0.15) is 0 Å². The summed E-state index contributed by atoms with van der Waals surface area (Å²) in [7, 11) is 0. The summed E-state index contributed by atoms with van der Waals surface area (Å²) in [6, 6.07) is 21.7. The first-order valence-electron chi connectivity index (χ1n) is 12.9.